The molecule has 2 heterocycles. The highest BCUT2D eigenvalue weighted by molar-refractivity contribution is 5.73. The van der Waals surface area contributed by atoms with Gasteiger partial charge in [-0.15, -0.1) is 0 Å². The number of nitrogens with zero attached hydrogens (tertiary/aromatic N) is 1. The number of carbonyl (C=O) groups is 1. The van der Waals surface area contributed by atoms with Crippen LogP contribution in [0.1, 0.15) is 21.8 Å². The lowest BCUT2D eigenvalue weighted by molar-refractivity contribution is 0.109. The third-order valence-electron chi connectivity index (χ3n) is 1.99. The minimum atomic E-state index is 0.385. The molecule has 0 aromatic carbocycles. The molecule has 2 rings (SSSR count). The summed E-state index contributed by atoms with van der Waals surface area (Å²) in [6, 6.07) is 7.49. The monoisotopic (exact) mass is 187 g/mol. The number of hydrogen-bond donors (Lipinski definition) is 0. The molecule has 70 valence electrons. The normalized spacial score (nSPS) is 10.0. The number of rotatable bonds is 3. The molecule has 0 unspecified atom stereocenters. The zero-order chi connectivity index (χ0) is 9.80. The standard InChI is InChI=1S/C11H9NO2/c13-8-11-9(4-6-14-11)7-10-3-1-2-5-12-10/h1-6,8H,7H2. The van der Waals surface area contributed by atoms with E-state index in [0.29, 0.717) is 12.2 Å². The first-order valence-corrected chi connectivity index (χ1v) is 4.31. The van der Waals surface area contributed by atoms with Crippen molar-refractivity contribution in [2.45, 2.75) is 6.42 Å². The minimum absolute atomic E-state index is 0.385. The van der Waals surface area contributed by atoms with Crippen molar-refractivity contribution in [2.24, 2.45) is 0 Å². The molecule has 14 heavy (non-hydrogen) atoms. The van der Waals surface area contributed by atoms with Gasteiger partial charge in [0.2, 0.25) is 0 Å². The molecule has 0 amide bonds. The molecule has 3 nitrogen and oxygen atoms in total. The van der Waals surface area contributed by atoms with Crippen LogP contribution in [0, 0.1) is 0 Å². The molecule has 2 aromatic rings. The molecule has 0 atom stereocenters. The lowest BCUT2D eigenvalue weighted by atomic mass is 10.1. The minimum Gasteiger partial charge on any atom is -0.461 e. The molecule has 0 aliphatic rings. The molecule has 0 spiro atoms. The predicted octanol–water partition coefficient (Wildman–Crippen LogP) is 2.08. The van der Waals surface area contributed by atoms with E-state index < -0.39 is 0 Å². The van der Waals surface area contributed by atoms with E-state index in [0.717, 1.165) is 17.5 Å². The fraction of sp³-hybridized carbons (Fsp3) is 0.0909. The Labute approximate surface area is 81.4 Å². The van der Waals surface area contributed by atoms with Gasteiger partial charge in [-0.05, 0) is 18.2 Å². The van der Waals surface area contributed by atoms with Crippen molar-refractivity contribution >= 4 is 6.29 Å². The summed E-state index contributed by atoms with van der Waals surface area (Å²) in [5.41, 5.74) is 1.80. The largest absolute Gasteiger partial charge is 0.461 e. The van der Waals surface area contributed by atoms with Gasteiger partial charge in [-0.25, -0.2) is 0 Å². The highest BCUT2D eigenvalue weighted by Gasteiger charge is 2.05. The van der Waals surface area contributed by atoms with Crippen LogP contribution in [0.4, 0.5) is 0 Å². The van der Waals surface area contributed by atoms with Crippen molar-refractivity contribution in [2.75, 3.05) is 0 Å². The van der Waals surface area contributed by atoms with E-state index in [1.54, 1.807) is 12.3 Å². The number of carbonyl (C=O) groups excluding carboxylic acids is 1. The smallest absolute Gasteiger partial charge is 0.185 e. The summed E-state index contributed by atoms with van der Waals surface area (Å²) in [5.74, 6) is 0.385. The van der Waals surface area contributed by atoms with Gasteiger partial charge < -0.3 is 4.42 Å². The molecule has 3 heteroatoms. The van der Waals surface area contributed by atoms with Crippen molar-refractivity contribution in [3.8, 4) is 0 Å². The highest BCUT2D eigenvalue weighted by Crippen LogP contribution is 2.12. The Morgan fingerprint density at radius 2 is 2.29 bits per heavy atom. The number of aldehydes is 1. The summed E-state index contributed by atoms with van der Waals surface area (Å²) in [6.07, 6.45) is 4.60. The van der Waals surface area contributed by atoms with Crippen LogP contribution < -0.4 is 0 Å². The van der Waals surface area contributed by atoms with Crippen LogP contribution in [0.2, 0.25) is 0 Å². The summed E-state index contributed by atoms with van der Waals surface area (Å²) in [5, 5.41) is 0. The second-order valence-electron chi connectivity index (χ2n) is 2.93. The molecule has 0 saturated heterocycles. The number of hydrogen-bond acceptors (Lipinski definition) is 3. The van der Waals surface area contributed by atoms with Gasteiger partial charge in [0.25, 0.3) is 0 Å². The number of furan rings is 1. The lowest BCUT2D eigenvalue weighted by Crippen LogP contribution is -1.92. The molecule has 2 aromatic heterocycles. The lowest BCUT2D eigenvalue weighted by Gasteiger charge is -1.96. The Balaban J connectivity index is 2.23. The Hall–Kier alpha value is -1.90. The third kappa shape index (κ3) is 1.71. The molecular formula is C11H9NO2. The summed E-state index contributed by atoms with van der Waals surface area (Å²) in [6.45, 7) is 0. The van der Waals surface area contributed by atoms with Gasteiger partial charge >= 0.3 is 0 Å². The Kier molecular flexibility index (Phi) is 2.40. The molecule has 0 fully saturated rings. The van der Waals surface area contributed by atoms with Crippen LogP contribution in [-0.2, 0) is 6.42 Å². The van der Waals surface area contributed by atoms with Crippen molar-refractivity contribution in [1.29, 1.82) is 0 Å². The van der Waals surface area contributed by atoms with E-state index in [4.69, 9.17) is 4.42 Å². The molecule has 0 radical (unpaired) electrons. The fourth-order valence-electron chi connectivity index (χ4n) is 1.29. The van der Waals surface area contributed by atoms with E-state index in [-0.39, 0.29) is 0 Å². The predicted molar refractivity (Wildman–Crippen MR) is 51.1 cm³/mol. The van der Waals surface area contributed by atoms with Crippen LogP contribution in [0.15, 0.2) is 41.1 Å². The maximum atomic E-state index is 10.6. The van der Waals surface area contributed by atoms with Gasteiger partial charge in [0, 0.05) is 23.9 Å². The molecule has 0 saturated carbocycles. The van der Waals surface area contributed by atoms with Gasteiger partial charge in [-0.2, -0.15) is 0 Å². The third-order valence-corrected chi connectivity index (χ3v) is 1.99. The zero-order valence-corrected chi connectivity index (χ0v) is 7.51. The van der Waals surface area contributed by atoms with Gasteiger partial charge in [0.05, 0.1) is 6.26 Å². The van der Waals surface area contributed by atoms with Crippen LogP contribution >= 0.6 is 0 Å². The maximum absolute atomic E-state index is 10.6. The van der Waals surface area contributed by atoms with E-state index in [1.165, 1.54) is 6.26 Å². The van der Waals surface area contributed by atoms with Crippen molar-refractivity contribution in [3.05, 3.63) is 53.7 Å². The van der Waals surface area contributed by atoms with Crippen LogP contribution in [-0.4, -0.2) is 11.3 Å². The maximum Gasteiger partial charge on any atom is 0.185 e. The van der Waals surface area contributed by atoms with Crippen molar-refractivity contribution in [3.63, 3.8) is 0 Å². The quantitative estimate of drug-likeness (QED) is 0.691. The van der Waals surface area contributed by atoms with E-state index >= 15 is 0 Å². The molecule has 0 aliphatic heterocycles. The average Bonchev–Trinajstić information content (AvgIpc) is 2.67. The SMILES string of the molecule is O=Cc1occc1Cc1ccccn1. The van der Waals surface area contributed by atoms with Gasteiger partial charge in [-0.3, -0.25) is 9.78 Å². The zero-order valence-electron chi connectivity index (χ0n) is 7.51. The van der Waals surface area contributed by atoms with Gasteiger partial charge in [-0.1, -0.05) is 6.07 Å². The molecular weight excluding hydrogens is 178 g/mol. The van der Waals surface area contributed by atoms with Crippen LogP contribution in [0.3, 0.4) is 0 Å². The Morgan fingerprint density at radius 1 is 1.36 bits per heavy atom. The molecule has 0 aliphatic carbocycles. The van der Waals surface area contributed by atoms with Gasteiger partial charge in [0.15, 0.2) is 12.0 Å². The van der Waals surface area contributed by atoms with E-state index in [1.807, 2.05) is 18.2 Å². The van der Waals surface area contributed by atoms with Crippen molar-refractivity contribution < 1.29 is 9.21 Å². The molecule has 0 N–H and O–H groups in total. The first-order valence-electron chi connectivity index (χ1n) is 4.31. The topological polar surface area (TPSA) is 43.1 Å². The Bertz CT molecular complexity index is 420. The van der Waals surface area contributed by atoms with Crippen molar-refractivity contribution in [1.82, 2.24) is 4.98 Å². The van der Waals surface area contributed by atoms with E-state index in [2.05, 4.69) is 4.98 Å². The fourth-order valence-corrected chi connectivity index (χ4v) is 1.29. The average molecular weight is 187 g/mol. The number of aromatic nitrogens is 1. The Morgan fingerprint density at radius 3 is 3.00 bits per heavy atom. The first kappa shape index (κ1) is 8.69. The van der Waals surface area contributed by atoms with Gasteiger partial charge in [0.1, 0.15) is 0 Å². The first-order chi connectivity index (χ1) is 6.90. The second kappa shape index (κ2) is 3.87. The summed E-state index contributed by atoms with van der Waals surface area (Å²) in [4.78, 5) is 14.7. The van der Waals surface area contributed by atoms with Crippen LogP contribution in [0.25, 0.3) is 0 Å². The van der Waals surface area contributed by atoms with E-state index in [9.17, 15) is 4.79 Å². The number of pyridine rings is 1. The molecule has 0 bridgehead atoms. The summed E-state index contributed by atoms with van der Waals surface area (Å²) >= 11 is 0. The van der Waals surface area contributed by atoms with Crippen LogP contribution in [0.5, 0.6) is 0 Å². The highest BCUT2D eigenvalue weighted by atomic mass is 16.3. The summed E-state index contributed by atoms with van der Waals surface area (Å²) < 4.78 is 4.99. The summed E-state index contributed by atoms with van der Waals surface area (Å²) in [7, 11) is 0. The second-order valence-corrected chi connectivity index (χ2v) is 2.93.